The lowest BCUT2D eigenvalue weighted by Gasteiger charge is -2.40. The molecule has 0 heterocycles. The standard InChI is InChI=1S/C20H40O4/c1-9-17(3,4)16-19(7,8)22-24-20(14-12-11-13-15-20)23-21-18(5,6)10-2/h9-16H2,1-8H3. The second-order valence-corrected chi connectivity index (χ2v) is 9.37. The van der Waals surface area contributed by atoms with Crippen LogP contribution in [-0.4, -0.2) is 17.0 Å². The molecule has 0 atom stereocenters. The third-order valence-corrected chi connectivity index (χ3v) is 5.17. The van der Waals surface area contributed by atoms with Crippen molar-refractivity contribution in [1.82, 2.24) is 0 Å². The van der Waals surface area contributed by atoms with E-state index >= 15 is 0 Å². The van der Waals surface area contributed by atoms with E-state index < -0.39 is 5.79 Å². The molecule has 4 heteroatoms. The minimum atomic E-state index is -0.779. The van der Waals surface area contributed by atoms with Crippen LogP contribution in [0.5, 0.6) is 0 Å². The summed E-state index contributed by atoms with van der Waals surface area (Å²) in [6.07, 6.45) is 7.86. The average Bonchev–Trinajstić information content (AvgIpc) is 2.52. The summed E-state index contributed by atoms with van der Waals surface area (Å²) in [6.45, 7) is 17.0. The lowest BCUT2D eigenvalue weighted by Crippen LogP contribution is -2.44. The molecular weight excluding hydrogens is 304 g/mol. The first kappa shape index (κ1) is 21.9. The van der Waals surface area contributed by atoms with Gasteiger partial charge in [-0.3, -0.25) is 0 Å². The maximum absolute atomic E-state index is 5.92. The van der Waals surface area contributed by atoms with Crippen LogP contribution in [0.2, 0.25) is 0 Å². The Hall–Kier alpha value is -0.160. The normalized spacial score (nSPS) is 19.5. The third kappa shape index (κ3) is 7.38. The fraction of sp³-hybridized carbons (Fsp3) is 1.00. The molecule has 1 aliphatic rings. The Kier molecular flexibility index (Phi) is 7.73. The highest BCUT2D eigenvalue weighted by Crippen LogP contribution is 2.38. The Labute approximate surface area is 149 Å². The van der Waals surface area contributed by atoms with Crippen molar-refractivity contribution in [3.8, 4) is 0 Å². The van der Waals surface area contributed by atoms with E-state index in [1.165, 1.54) is 6.42 Å². The third-order valence-electron chi connectivity index (χ3n) is 5.17. The fourth-order valence-electron chi connectivity index (χ4n) is 3.01. The molecule has 1 saturated carbocycles. The monoisotopic (exact) mass is 344 g/mol. The summed E-state index contributed by atoms with van der Waals surface area (Å²) in [5, 5.41) is 0. The highest BCUT2D eigenvalue weighted by molar-refractivity contribution is 4.79. The van der Waals surface area contributed by atoms with Gasteiger partial charge in [-0.15, -0.1) is 0 Å². The highest BCUT2D eigenvalue weighted by atomic mass is 17.3. The number of hydrogen-bond donors (Lipinski definition) is 0. The van der Waals surface area contributed by atoms with Crippen LogP contribution in [0.4, 0.5) is 0 Å². The molecule has 144 valence electrons. The van der Waals surface area contributed by atoms with Gasteiger partial charge >= 0.3 is 0 Å². The zero-order valence-corrected chi connectivity index (χ0v) is 17.3. The molecule has 0 aromatic carbocycles. The molecule has 0 radical (unpaired) electrons. The van der Waals surface area contributed by atoms with Gasteiger partial charge in [-0.25, -0.2) is 9.78 Å². The molecule has 0 spiro atoms. The smallest absolute Gasteiger partial charge is 0.228 e. The predicted molar refractivity (Wildman–Crippen MR) is 97.3 cm³/mol. The molecule has 1 fully saturated rings. The maximum atomic E-state index is 5.92. The Morgan fingerprint density at radius 1 is 0.708 bits per heavy atom. The topological polar surface area (TPSA) is 36.9 Å². The Morgan fingerprint density at radius 2 is 1.21 bits per heavy atom. The van der Waals surface area contributed by atoms with E-state index in [1.54, 1.807) is 0 Å². The lowest BCUT2D eigenvalue weighted by molar-refractivity contribution is -0.548. The summed E-state index contributed by atoms with van der Waals surface area (Å²) < 4.78 is 0. The lowest BCUT2D eigenvalue weighted by atomic mass is 9.80. The highest BCUT2D eigenvalue weighted by Gasteiger charge is 2.41. The van der Waals surface area contributed by atoms with Crippen LogP contribution < -0.4 is 0 Å². The summed E-state index contributed by atoms with van der Waals surface area (Å²) >= 11 is 0. The SMILES string of the molecule is CCC(C)(C)CC(C)(C)OOC1(OOC(C)(C)CC)CCCCC1. The van der Waals surface area contributed by atoms with Crippen molar-refractivity contribution in [3.63, 3.8) is 0 Å². The van der Waals surface area contributed by atoms with E-state index in [9.17, 15) is 0 Å². The zero-order valence-electron chi connectivity index (χ0n) is 17.3. The summed E-state index contributed by atoms with van der Waals surface area (Å²) in [6, 6.07) is 0. The van der Waals surface area contributed by atoms with Gasteiger partial charge < -0.3 is 0 Å². The van der Waals surface area contributed by atoms with Crippen LogP contribution in [0.3, 0.4) is 0 Å². The van der Waals surface area contributed by atoms with Crippen LogP contribution in [-0.2, 0) is 19.6 Å². The quantitative estimate of drug-likeness (QED) is 0.263. The number of hydrogen-bond acceptors (Lipinski definition) is 4. The van der Waals surface area contributed by atoms with Crippen molar-refractivity contribution < 1.29 is 19.6 Å². The average molecular weight is 345 g/mol. The molecule has 0 saturated heterocycles. The first-order valence-corrected chi connectivity index (χ1v) is 9.69. The Bertz CT molecular complexity index is 368. The van der Waals surface area contributed by atoms with Gasteiger partial charge in [0.25, 0.3) is 0 Å². The first-order chi connectivity index (χ1) is 10.9. The van der Waals surface area contributed by atoms with Gasteiger partial charge in [-0.2, -0.15) is 9.78 Å². The van der Waals surface area contributed by atoms with Crippen molar-refractivity contribution in [2.75, 3.05) is 0 Å². The molecule has 0 aliphatic heterocycles. The maximum Gasteiger partial charge on any atom is 0.234 e. The van der Waals surface area contributed by atoms with Crippen LogP contribution in [0.1, 0.15) is 107 Å². The van der Waals surface area contributed by atoms with Gasteiger partial charge in [0, 0.05) is 12.8 Å². The molecule has 0 N–H and O–H groups in total. The summed E-state index contributed by atoms with van der Waals surface area (Å²) in [5.41, 5.74) is -0.477. The largest absolute Gasteiger partial charge is 0.234 e. The van der Waals surface area contributed by atoms with E-state index in [0.29, 0.717) is 0 Å². The van der Waals surface area contributed by atoms with Gasteiger partial charge in [0.2, 0.25) is 5.79 Å². The minimum absolute atomic E-state index is 0.216. The molecule has 0 amide bonds. The molecule has 0 aromatic rings. The molecule has 1 rings (SSSR count). The van der Waals surface area contributed by atoms with Crippen molar-refractivity contribution in [1.29, 1.82) is 0 Å². The van der Waals surface area contributed by atoms with E-state index in [0.717, 1.165) is 44.9 Å². The number of rotatable bonds is 10. The fourth-order valence-corrected chi connectivity index (χ4v) is 3.01. The van der Waals surface area contributed by atoms with E-state index in [2.05, 4.69) is 41.5 Å². The van der Waals surface area contributed by atoms with Crippen LogP contribution >= 0.6 is 0 Å². The summed E-state index contributed by atoms with van der Waals surface area (Å²) in [5.74, 6) is -0.779. The van der Waals surface area contributed by atoms with Crippen molar-refractivity contribution in [2.24, 2.45) is 5.41 Å². The molecular formula is C20H40O4. The van der Waals surface area contributed by atoms with Crippen LogP contribution in [0, 0.1) is 5.41 Å². The molecule has 0 unspecified atom stereocenters. The van der Waals surface area contributed by atoms with E-state index in [-0.39, 0.29) is 16.6 Å². The second-order valence-electron chi connectivity index (χ2n) is 9.37. The van der Waals surface area contributed by atoms with E-state index in [4.69, 9.17) is 19.6 Å². The molecule has 24 heavy (non-hydrogen) atoms. The molecule has 0 aromatic heterocycles. The van der Waals surface area contributed by atoms with Crippen LogP contribution in [0.15, 0.2) is 0 Å². The summed E-state index contributed by atoms with van der Waals surface area (Å²) in [7, 11) is 0. The first-order valence-electron chi connectivity index (χ1n) is 9.69. The van der Waals surface area contributed by atoms with Crippen molar-refractivity contribution >= 4 is 0 Å². The van der Waals surface area contributed by atoms with Gasteiger partial charge in [-0.05, 0) is 58.8 Å². The summed E-state index contributed by atoms with van der Waals surface area (Å²) in [4.78, 5) is 23.4. The Balaban J connectivity index is 2.69. The van der Waals surface area contributed by atoms with Gasteiger partial charge in [-0.1, -0.05) is 40.5 Å². The van der Waals surface area contributed by atoms with Gasteiger partial charge in [0.05, 0.1) is 11.2 Å². The van der Waals surface area contributed by atoms with E-state index in [1.807, 2.05) is 13.8 Å². The second kappa shape index (κ2) is 8.48. The molecule has 0 bridgehead atoms. The predicted octanol–water partition coefficient (Wildman–Crippen LogP) is 6.34. The Morgan fingerprint density at radius 3 is 1.67 bits per heavy atom. The van der Waals surface area contributed by atoms with Gasteiger partial charge in [0.15, 0.2) is 0 Å². The van der Waals surface area contributed by atoms with Gasteiger partial charge in [0.1, 0.15) is 0 Å². The zero-order chi connectivity index (χ0) is 18.5. The molecule has 1 aliphatic carbocycles. The minimum Gasteiger partial charge on any atom is -0.228 e. The van der Waals surface area contributed by atoms with Crippen LogP contribution in [0.25, 0.3) is 0 Å². The van der Waals surface area contributed by atoms with Crippen molar-refractivity contribution in [2.45, 2.75) is 124 Å². The molecule has 4 nitrogen and oxygen atoms in total. The van der Waals surface area contributed by atoms with Crippen molar-refractivity contribution in [3.05, 3.63) is 0 Å².